The summed E-state index contributed by atoms with van der Waals surface area (Å²) in [5.41, 5.74) is 4.63. The van der Waals surface area contributed by atoms with Crippen LogP contribution in [0.3, 0.4) is 0 Å². The predicted octanol–water partition coefficient (Wildman–Crippen LogP) is 3.88. The molecule has 0 aliphatic heterocycles. The lowest BCUT2D eigenvalue weighted by atomic mass is 9.97. The Kier molecular flexibility index (Phi) is 5.57. The zero-order chi connectivity index (χ0) is 17.8. The van der Waals surface area contributed by atoms with Gasteiger partial charge in [0.1, 0.15) is 0 Å². The van der Waals surface area contributed by atoms with E-state index < -0.39 is 0 Å². The van der Waals surface area contributed by atoms with Crippen LogP contribution in [0, 0.1) is 25.7 Å². The second-order valence-electron chi connectivity index (χ2n) is 7.39. The van der Waals surface area contributed by atoms with Gasteiger partial charge in [0.15, 0.2) is 0 Å². The van der Waals surface area contributed by atoms with Gasteiger partial charge in [0, 0.05) is 12.2 Å². The zero-order valence-corrected chi connectivity index (χ0v) is 15.2. The van der Waals surface area contributed by atoms with Crippen molar-refractivity contribution in [2.75, 3.05) is 11.9 Å². The average molecular weight is 340 g/mol. The summed E-state index contributed by atoms with van der Waals surface area (Å²) in [6, 6.07) is 5.89. The lowest BCUT2D eigenvalue weighted by molar-refractivity contribution is -0.125. The van der Waals surface area contributed by atoms with Crippen LogP contribution in [0.15, 0.2) is 29.8 Å². The predicted molar refractivity (Wildman–Crippen MR) is 100 cm³/mol. The first-order valence-corrected chi connectivity index (χ1v) is 9.38. The number of carbonyl (C=O) groups is 2. The SMILES string of the molecule is Cc1ccc(NC(=O)C2CC2C(=O)NCCC2=CCCCC2)cc1C. The molecule has 3 rings (SSSR count). The Morgan fingerprint density at radius 2 is 1.88 bits per heavy atom. The van der Waals surface area contributed by atoms with Crippen molar-refractivity contribution in [2.45, 2.75) is 52.4 Å². The van der Waals surface area contributed by atoms with Crippen molar-refractivity contribution in [2.24, 2.45) is 11.8 Å². The van der Waals surface area contributed by atoms with Crippen LogP contribution in [-0.4, -0.2) is 18.4 Å². The molecule has 1 aromatic rings. The van der Waals surface area contributed by atoms with Crippen LogP contribution >= 0.6 is 0 Å². The third kappa shape index (κ3) is 4.71. The molecule has 1 aromatic carbocycles. The lowest BCUT2D eigenvalue weighted by Crippen LogP contribution is -2.28. The number of rotatable bonds is 6. The largest absolute Gasteiger partial charge is 0.356 e. The van der Waals surface area contributed by atoms with Crippen LogP contribution in [0.1, 0.15) is 49.7 Å². The van der Waals surface area contributed by atoms with Gasteiger partial charge < -0.3 is 10.6 Å². The molecule has 0 aromatic heterocycles. The van der Waals surface area contributed by atoms with Gasteiger partial charge in [-0.3, -0.25) is 9.59 Å². The number of benzene rings is 1. The molecule has 0 saturated heterocycles. The Bertz CT molecular complexity index is 693. The van der Waals surface area contributed by atoms with Crippen molar-refractivity contribution in [3.63, 3.8) is 0 Å². The first-order valence-electron chi connectivity index (χ1n) is 9.38. The highest BCUT2D eigenvalue weighted by Gasteiger charge is 2.47. The number of hydrogen-bond acceptors (Lipinski definition) is 2. The Morgan fingerprint density at radius 1 is 1.08 bits per heavy atom. The van der Waals surface area contributed by atoms with Crippen molar-refractivity contribution >= 4 is 17.5 Å². The summed E-state index contributed by atoms with van der Waals surface area (Å²) < 4.78 is 0. The molecular formula is C21H28N2O2. The van der Waals surface area contributed by atoms with E-state index in [4.69, 9.17) is 0 Å². The second kappa shape index (κ2) is 7.85. The van der Waals surface area contributed by atoms with E-state index in [0.717, 1.165) is 17.7 Å². The van der Waals surface area contributed by atoms with Crippen LogP contribution in [-0.2, 0) is 9.59 Å². The molecule has 4 heteroatoms. The van der Waals surface area contributed by atoms with Gasteiger partial charge in [0.25, 0.3) is 0 Å². The van der Waals surface area contributed by atoms with Crippen molar-refractivity contribution in [3.8, 4) is 0 Å². The van der Waals surface area contributed by atoms with Crippen molar-refractivity contribution < 1.29 is 9.59 Å². The van der Waals surface area contributed by atoms with Gasteiger partial charge in [0.2, 0.25) is 11.8 Å². The Labute approximate surface area is 150 Å². The number of anilines is 1. The summed E-state index contributed by atoms with van der Waals surface area (Å²) in [4.78, 5) is 24.5. The Hall–Kier alpha value is -2.10. The zero-order valence-electron chi connectivity index (χ0n) is 15.2. The highest BCUT2D eigenvalue weighted by molar-refractivity contribution is 5.99. The molecule has 0 bridgehead atoms. The molecule has 2 amide bonds. The van der Waals surface area contributed by atoms with Crippen LogP contribution in [0.4, 0.5) is 5.69 Å². The fraction of sp³-hybridized carbons (Fsp3) is 0.524. The fourth-order valence-corrected chi connectivity index (χ4v) is 3.44. The topological polar surface area (TPSA) is 58.2 Å². The maximum atomic E-state index is 12.3. The molecule has 0 heterocycles. The van der Waals surface area contributed by atoms with E-state index in [2.05, 4.69) is 16.7 Å². The molecule has 4 nitrogen and oxygen atoms in total. The van der Waals surface area contributed by atoms with Gasteiger partial charge in [-0.05, 0) is 75.6 Å². The molecule has 1 saturated carbocycles. The van der Waals surface area contributed by atoms with E-state index in [-0.39, 0.29) is 23.7 Å². The summed E-state index contributed by atoms with van der Waals surface area (Å²) in [7, 11) is 0. The quantitative estimate of drug-likeness (QED) is 0.772. The van der Waals surface area contributed by atoms with Crippen LogP contribution in [0.25, 0.3) is 0 Å². The van der Waals surface area contributed by atoms with Gasteiger partial charge in [-0.1, -0.05) is 17.7 Å². The van der Waals surface area contributed by atoms with Crippen LogP contribution < -0.4 is 10.6 Å². The molecular weight excluding hydrogens is 312 g/mol. The van der Waals surface area contributed by atoms with Crippen LogP contribution in [0.2, 0.25) is 0 Å². The van der Waals surface area contributed by atoms with Gasteiger partial charge in [-0.15, -0.1) is 0 Å². The number of hydrogen-bond donors (Lipinski definition) is 2. The highest BCUT2D eigenvalue weighted by Crippen LogP contribution is 2.39. The average Bonchev–Trinajstić information content (AvgIpc) is 3.40. The number of nitrogens with one attached hydrogen (secondary N) is 2. The minimum absolute atomic E-state index is 0.0247. The summed E-state index contributed by atoms with van der Waals surface area (Å²) in [6.07, 6.45) is 8.81. The van der Waals surface area contributed by atoms with Crippen LogP contribution in [0.5, 0.6) is 0 Å². The molecule has 2 aliphatic carbocycles. The van der Waals surface area contributed by atoms with Gasteiger partial charge >= 0.3 is 0 Å². The lowest BCUT2D eigenvalue weighted by Gasteiger charge is -2.13. The van der Waals surface area contributed by atoms with E-state index in [1.54, 1.807) is 0 Å². The van der Waals surface area contributed by atoms with E-state index in [1.807, 2.05) is 32.0 Å². The minimum Gasteiger partial charge on any atom is -0.356 e. The van der Waals surface area contributed by atoms with Crippen molar-refractivity contribution in [1.82, 2.24) is 5.32 Å². The van der Waals surface area contributed by atoms with E-state index in [1.165, 1.54) is 36.8 Å². The van der Waals surface area contributed by atoms with Gasteiger partial charge in [-0.2, -0.15) is 0 Å². The summed E-state index contributed by atoms with van der Waals surface area (Å²) in [5.74, 6) is -0.363. The number of carbonyl (C=O) groups excluding carboxylic acids is 2. The maximum absolute atomic E-state index is 12.3. The second-order valence-corrected chi connectivity index (χ2v) is 7.39. The molecule has 134 valence electrons. The molecule has 1 fully saturated rings. The molecule has 0 radical (unpaired) electrons. The normalized spacial score (nSPS) is 22.1. The number of aryl methyl sites for hydroxylation is 2. The Morgan fingerprint density at radius 3 is 2.60 bits per heavy atom. The summed E-state index contributed by atoms with van der Waals surface area (Å²) in [6.45, 7) is 4.76. The number of allylic oxidation sites excluding steroid dienone is 1. The van der Waals surface area contributed by atoms with Crippen molar-refractivity contribution in [1.29, 1.82) is 0 Å². The molecule has 2 atom stereocenters. The molecule has 2 aliphatic rings. The Balaban J connectivity index is 1.41. The third-order valence-electron chi connectivity index (χ3n) is 5.37. The summed E-state index contributed by atoms with van der Waals surface area (Å²) in [5, 5.41) is 5.93. The smallest absolute Gasteiger partial charge is 0.228 e. The maximum Gasteiger partial charge on any atom is 0.228 e. The van der Waals surface area contributed by atoms with E-state index in [0.29, 0.717) is 13.0 Å². The molecule has 2 N–H and O–H groups in total. The molecule has 25 heavy (non-hydrogen) atoms. The molecule has 0 spiro atoms. The first kappa shape index (κ1) is 17.7. The van der Waals surface area contributed by atoms with Gasteiger partial charge in [-0.25, -0.2) is 0 Å². The minimum atomic E-state index is -0.185. The van der Waals surface area contributed by atoms with Crippen molar-refractivity contribution in [3.05, 3.63) is 41.0 Å². The monoisotopic (exact) mass is 340 g/mol. The third-order valence-corrected chi connectivity index (χ3v) is 5.37. The highest BCUT2D eigenvalue weighted by atomic mass is 16.2. The van der Waals surface area contributed by atoms with Gasteiger partial charge in [0.05, 0.1) is 11.8 Å². The van der Waals surface area contributed by atoms with E-state index in [9.17, 15) is 9.59 Å². The molecule has 2 unspecified atom stereocenters. The number of amides is 2. The van der Waals surface area contributed by atoms with E-state index >= 15 is 0 Å². The fourth-order valence-electron chi connectivity index (χ4n) is 3.44. The summed E-state index contributed by atoms with van der Waals surface area (Å²) >= 11 is 0. The first-order chi connectivity index (χ1) is 12.0. The standard InChI is InChI=1S/C21H28N2O2/c1-14-8-9-17(12-15(14)2)23-21(25)19-13-18(19)20(24)22-11-10-16-6-4-3-5-7-16/h6,8-9,12,18-19H,3-5,7,10-11,13H2,1-2H3,(H,22,24)(H,23,25).